The lowest BCUT2D eigenvalue weighted by atomic mass is 10.0. The fourth-order valence-corrected chi connectivity index (χ4v) is 4.15. The molecule has 3 amide bonds. The second kappa shape index (κ2) is 7.77. The van der Waals surface area contributed by atoms with Crippen LogP contribution in [0.2, 0.25) is 0 Å². The van der Waals surface area contributed by atoms with Gasteiger partial charge in [0.15, 0.2) is 0 Å². The summed E-state index contributed by atoms with van der Waals surface area (Å²) >= 11 is 0. The zero-order valence-electron chi connectivity index (χ0n) is 14.0. The van der Waals surface area contributed by atoms with E-state index in [0.717, 1.165) is 32.5 Å². The van der Waals surface area contributed by atoms with Gasteiger partial charge in [-0.25, -0.2) is 4.79 Å². The maximum absolute atomic E-state index is 11.9. The Morgan fingerprint density at radius 1 is 1.04 bits per heavy atom. The lowest BCUT2D eigenvalue weighted by Gasteiger charge is -2.34. The molecule has 0 aliphatic carbocycles. The number of carbonyl (C=O) groups excluding carboxylic acids is 2. The van der Waals surface area contributed by atoms with Crippen LogP contribution < -0.4 is 11.1 Å². The van der Waals surface area contributed by atoms with Gasteiger partial charge in [-0.1, -0.05) is 30.3 Å². The maximum atomic E-state index is 11.9. The largest absolute Gasteiger partial charge is 0.351 e. The second-order valence-electron chi connectivity index (χ2n) is 6.76. The summed E-state index contributed by atoms with van der Waals surface area (Å²) in [6.07, 6.45) is 4.59. The van der Waals surface area contributed by atoms with E-state index in [-0.39, 0.29) is 12.5 Å². The van der Waals surface area contributed by atoms with Crippen molar-refractivity contribution in [2.24, 2.45) is 5.73 Å². The summed E-state index contributed by atoms with van der Waals surface area (Å²) in [7, 11) is 0. The summed E-state index contributed by atoms with van der Waals surface area (Å²) in [5.41, 5.74) is 6.37. The molecule has 0 unspecified atom stereocenters. The summed E-state index contributed by atoms with van der Waals surface area (Å²) in [6, 6.07) is 10.6. The maximum Gasteiger partial charge on any atom is 0.318 e. The molecule has 0 saturated carbocycles. The Morgan fingerprint density at radius 2 is 1.67 bits per heavy atom. The third-order valence-corrected chi connectivity index (χ3v) is 5.11. The van der Waals surface area contributed by atoms with Crippen LogP contribution in [0.5, 0.6) is 0 Å². The van der Waals surface area contributed by atoms with Crippen molar-refractivity contribution in [1.29, 1.82) is 0 Å². The number of nitrogens with one attached hydrogen (secondary N) is 1. The van der Waals surface area contributed by atoms with Crippen LogP contribution in [0.1, 0.15) is 31.2 Å². The van der Waals surface area contributed by atoms with Crippen molar-refractivity contribution >= 4 is 11.9 Å². The molecule has 0 spiro atoms. The molecule has 2 saturated heterocycles. The van der Waals surface area contributed by atoms with Gasteiger partial charge < -0.3 is 5.73 Å². The average molecular weight is 330 g/mol. The molecule has 6 nitrogen and oxygen atoms in total. The summed E-state index contributed by atoms with van der Waals surface area (Å²) in [6.45, 7) is 3.23. The molecule has 3 N–H and O–H groups in total. The molecule has 0 radical (unpaired) electrons. The van der Waals surface area contributed by atoms with Crippen molar-refractivity contribution in [2.45, 2.75) is 44.3 Å². The first-order chi connectivity index (χ1) is 11.6. The van der Waals surface area contributed by atoms with E-state index < -0.39 is 6.03 Å². The number of primary amides is 1. The first-order valence-electron chi connectivity index (χ1n) is 8.75. The van der Waals surface area contributed by atoms with Crippen LogP contribution in [0.3, 0.4) is 0 Å². The normalized spacial score (nSPS) is 25.0. The van der Waals surface area contributed by atoms with Crippen LogP contribution in [0.25, 0.3) is 0 Å². The van der Waals surface area contributed by atoms with Crippen molar-refractivity contribution < 1.29 is 9.59 Å². The summed E-state index contributed by atoms with van der Waals surface area (Å²) < 4.78 is 0. The van der Waals surface area contributed by atoms with Gasteiger partial charge in [0.2, 0.25) is 5.91 Å². The van der Waals surface area contributed by atoms with Gasteiger partial charge in [-0.3, -0.25) is 19.9 Å². The fraction of sp³-hybridized carbons (Fsp3) is 0.556. The third-order valence-electron chi connectivity index (χ3n) is 5.11. The second-order valence-corrected chi connectivity index (χ2v) is 6.76. The number of likely N-dealkylation sites (tertiary alicyclic amines) is 2. The molecule has 130 valence electrons. The molecule has 24 heavy (non-hydrogen) atoms. The number of carbonyl (C=O) groups is 2. The van der Waals surface area contributed by atoms with Crippen molar-refractivity contribution in [1.82, 2.24) is 15.1 Å². The lowest BCUT2D eigenvalue weighted by molar-refractivity contribution is -0.121. The van der Waals surface area contributed by atoms with E-state index in [1.165, 1.54) is 18.4 Å². The van der Waals surface area contributed by atoms with Crippen LogP contribution in [0.15, 0.2) is 30.3 Å². The minimum Gasteiger partial charge on any atom is -0.351 e. The van der Waals surface area contributed by atoms with Crippen LogP contribution >= 0.6 is 0 Å². The molecular formula is C18H26N4O2. The topological polar surface area (TPSA) is 78.7 Å². The number of rotatable bonds is 5. The van der Waals surface area contributed by atoms with Gasteiger partial charge >= 0.3 is 6.03 Å². The molecule has 3 rings (SSSR count). The van der Waals surface area contributed by atoms with E-state index in [1.54, 1.807) is 0 Å². The summed E-state index contributed by atoms with van der Waals surface area (Å²) in [5.74, 6) is -0.304. The zero-order chi connectivity index (χ0) is 16.9. The van der Waals surface area contributed by atoms with Gasteiger partial charge in [0.05, 0.1) is 6.54 Å². The van der Waals surface area contributed by atoms with Gasteiger partial charge in [-0.2, -0.15) is 0 Å². The molecule has 2 aliphatic rings. The van der Waals surface area contributed by atoms with Gasteiger partial charge in [0.1, 0.15) is 0 Å². The SMILES string of the molecule is NC(=O)NC(=O)CN1CCC[C@H]1[C@H]1CCCN1Cc1ccccc1. The van der Waals surface area contributed by atoms with Crippen molar-refractivity contribution in [3.8, 4) is 0 Å². The number of imide groups is 1. The Labute approximate surface area is 143 Å². The highest BCUT2D eigenvalue weighted by Gasteiger charge is 2.38. The summed E-state index contributed by atoms with van der Waals surface area (Å²) in [4.78, 5) is 27.5. The van der Waals surface area contributed by atoms with Crippen LogP contribution in [0, 0.1) is 0 Å². The molecule has 1 aromatic rings. The molecule has 0 bridgehead atoms. The highest BCUT2D eigenvalue weighted by Crippen LogP contribution is 2.30. The van der Waals surface area contributed by atoms with Crippen molar-refractivity contribution in [2.75, 3.05) is 19.6 Å². The Kier molecular flexibility index (Phi) is 5.48. The first kappa shape index (κ1) is 16.9. The standard InChI is InChI=1S/C18H26N4O2/c19-18(24)20-17(23)13-22-11-5-9-16(22)15-8-4-10-21(15)12-14-6-2-1-3-7-14/h1-3,6-7,15-16H,4-5,8-13H2,(H3,19,20,23,24)/t15-,16+/m1/s1. The molecule has 0 aromatic heterocycles. The average Bonchev–Trinajstić information content (AvgIpc) is 3.16. The van der Waals surface area contributed by atoms with Crippen molar-refractivity contribution in [3.63, 3.8) is 0 Å². The quantitative estimate of drug-likeness (QED) is 0.853. The number of benzene rings is 1. The van der Waals surface area contributed by atoms with Gasteiger partial charge in [0, 0.05) is 18.6 Å². The van der Waals surface area contributed by atoms with Crippen LogP contribution in [-0.2, 0) is 11.3 Å². The predicted molar refractivity (Wildman–Crippen MR) is 92.2 cm³/mol. The van der Waals surface area contributed by atoms with Gasteiger partial charge in [-0.15, -0.1) is 0 Å². The molecule has 6 heteroatoms. The molecule has 1 aromatic carbocycles. The monoisotopic (exact) mass is 330 g/mol. The predicted octanol–water partition coefficient (Wildman–Crippen LogP) is 1.31. The number of nitrogens with two attached hydrogens (primary N) is 1. The van der Waals surface area contributed by atoms with E-state index in [2.05, 4.69) is 39.4 Å². The molecule has 2 fully saturated rings. The first-order valence-corrected chi connectivity index (χ1v) is 8.75. The van der Waals surface area contributed by atoms with Gasteiger partial charge in [0.25, 0.3) is 0 Å². The number of hydrogen-bond acceptors (Lipinski definition) is 4. The zero-order valence-corrected chi connectivity index (χ0v) is 14.0. The Morgan fingerprint density at radius 3 is 2.33 bits per heavy atom. The number of nitrogens with zero attached hydrogens (tertiary/aromatic N) is 2. The highest BCUT2D eigenvalue weighted by atomic mass is 16.2. The highest BCUT2D eigenvalue weighted by molar-refractivity contribution is 5.94. The summed E-state index contributed by atoms with van der Waals surface area (Å²) in [5, 5.41) is 2.18. The Hall–Kier alpha value is -1.92. The molecule has 2 atom stereocenters. The number of urea groups is 1. The molecule has 2 aliphatic heterocycles. The smallest absolute Gasteiger partial charge is 0.318 e. The van der Waals surface area contributed by atoms with Crippen molar-refractivity contribution in [3.05, 3.63) is 35.9 Å². The van der Waals surface area contributed by atoms with Gasteiger partial charge in [-0.05, 0) is 44.3 Å². The van der Waals surface area contributed by atoms with E-state index in [1.807, 2.05) is 6.07 Å². The lowest BCUT2D eigenvalue weighted by Crippen LogP contribution is -2.49. The van der Waals surface area contributed by atoms with E-state index in [9.17, 15) is 9.59 Å². The number of amides is 3. The Bertz CT molecular complexity index is 578. The van der Waals surface area contributed by atoms with Crippen LogP contribution in [0.4, 0.5) is 4.79 Å². The van der Waals surface area contributed by atoms with E-state index in [4.69, 9.17) is 5.73 Å². The Balaban J connectivity index is 1.62. The van der Waals surface area contributed by atoms with E-state index in [0.29, 0.717) is 12.1 Å². The third kappa shape index (κ3) is 4.13. The van der Waals surface area contributed by atoms with E-state index >= 15 is 0 Å². The molecular weight excluding hydrogens is 304 g/mol. The van der Waals surface area contributed by atoms with Crippen LogP contribution in [-0.4, -0.2) is 53.5 Å². The minimum absolute atomic E-state index is 0.253. The number of hydrogen-bond donors (Lipinski definition) is 2. The minimum atomic E-state index is -0.776. The molecule has 2 heterocycles. The fourth-order valence-electron chi connectivity index (χ4n) is 4.15.